The van der Waals surface area contributed by atoms with Crippen molar-refractivity contribution in [1.82, 2.24) is 4.90 Å². The normalized spacial score (nSPS) is 17.5. The zero-order chi connectivity index (χ0) is 10.8. The predicted octanol–water partition coefficient (Wildman–Crippen LogP) is 3.10. The zero-order valence-corrected chi connectivity index (χ0v) is 8.36. The lowest BCUT2D eigenvalue weighted by Crippen LogP contribution is -2.21. The monoisotopic (exact) mass is 205 g/mol. The standard InChI is InChI=1S/C10H14F3N/c1-3-14(2)9-6-4-8(5-7-9)10(11,12)13/h4,6H,3,5,7H2,1-2H3. The summed E-state index contributed by atoms with van der Waals surface area (Å²) >= 11 is 0. The molecule has 1 aliphatic carbocycles. The van der Waals surface area contributed by atoms with E-state index in [4.69, 9.17) is 0 Å². The molecule has 1 rings (SSSR count). The largest absolute Gasteiger partial charge is 0.412 e. The van der Waals surface area contributed by atoms with Gasteiger partial charge in [-0.05, 0) is 25.8 Å². The van der Waals surface area contributed by atoms with Crippen molar-refractivity contribution in [2.75, 3.05) is 13.6 Å². The Labute approximate surface area is 81.9 Å². The molecule has 0 spiro atoms. The van der Waals surface area contributed by atoms with E-state index in [2.05, 4.69) is 0 Å². The Morgan fingerprint density at radius 2 is 1.93 bits per heavy atom. The third-order valence-electron chi connectivity index (χ3n) is 2.46. The summed E-state index contributed by atoms with van der Waals surface area (Å²) in [4.78, 5) is 1.96. The molecule has 14 heavy (non-hydrogen) atoms. The molecule has 0 amide bonds. The van der Waals surface area contributed by atoms with Crippen molar-refractivity contribution in [3.63, 3.8) is 0 Å². The number of allylic oxidation sites excluding steroid dienone is 4. The van der Waals surface area contributed by atoms with E-state index >= 15 is 0 Å². The van der Waals surface area contributed by atoms with Crippen molar-refractivity contribution in [3.8, 4) is 0 Å². The Morgan fingerprint density at radius 3 is 2.29 bits per heavy atom. The van der Waals surface area contributed by atoms with Crippen LogP contribution in [-0.4, -0.2) is 24.7 Å². The molecule has 0 aromatic carbocycles. The van der Waals surface area contributed by atoms with Gasteiger partial charge in [-0.3, -0.25) is 0 Å². The fraction of sp³-hybridized carbons (Fsp3) is 0.600. The number of hydrogen-bond donors (Lipinski definition) is 0. The second-order valence-electron chi connectivity index (χ2n) is 3.36. The third kappa shape index (κ3) is 2.53. The summed E-state index contributed by atoms with van der Waals surface area (Å²) in [5.41, 5.74) is 0.547. The number of halogens is 3. The summed E-state index contributed by atoms with van der Waals surface area (Å²) in [5.74, 6) is 0. The Bertz CT molecular complexity index is 263. The van der Waals surface area contributed by atoms with Crippen molar-refractivity contribution < 1.29 is 13.2 Å². The van der Waals surface area contributed by atoms with Gasteiger partial charge in [-0.1, -0.05) is 6.08 Å². The lowest BCUT2D eigenvalue weighted by atomic mass is 10.0. The van der Waals surface area contributed by atoms with Crippen molar-refractivity contribution in [2.45, 2.75) is 25.9 Å². The highest BCUT2D eigenvalue weighted by Crippen LogP contribution is 2.33. The highest BCUT2D eigenvalue weighted by molar-refractivity contribution is 5.25. The summed E-state index contributed by atoms with van der Waals surface area (Å²) < 4.78 is 36.7. The van der Waals surface area contributed by atoms with Gasteiger partial charge < -0.3 is 4.90 Å². The highest BCUT2D eigenvalue weighted by Gasteiger charge is 2.33. The van der Waals surface area contributed by atoms with Gasteiger partial charge in [-0.25, -0.2) is 0 Å². The Morgan fingerprint density at radius 1 is 1.29 bits per heavy atom. The van der Waals surface area contributed by atoms with Crippen LogP contribution in [0.4, 0.5) is 13.2 Å². The Kier molecular flexibility index (Phi) is 3.24. The number of hydrogen-bond acceptors (Lipinski definition) is 1. The lowest BCUT2D eigenvalue weighted by molar-refractivity contribution is -0.0942. The molecule has 0 saturated carbocycles. The van der Waals surface area contributed by atoms with Crippen LogP contribution in [0.25, 0.3) is 0 Å². The van der Waals surface area contributed by atoms with Crippen LogP contribution in [0.3, 0.4) is 0 Å². The van der Waals surface area contributed by atoms with E-state index in [1.165, 1.54) is 6.08 Å². The minimum absolute atomic E-state index is 0.0969. The zero-order valence-electron chi connectivity index (χ0n) is 8.36. The molecule has 1 aliphatic rings. The molecule has 80 valence electrons. The van der Waals surface area contributed by atoms with E-state index in [1.807, 2.05) is 18.9 Å². The fourth-order valence-electron chi connectivity index (χ4n) is 1.38. The summed E-state index contributed by atoms with van der Waals surface area (Å²) in [5, 5.41) is 0. The van der Waals surface area contributed by atoms with Crippen LogP contribution in [0.2, 0.25) is 0 Å². The first-order valence-electron chi connectivity index (χ1n) is 4.63. The summed E-state index contributed by atoms with van der Waals surface area (Å²) in [6.45, 7) is 2.80. The average Bonchev–Trinajstić information content (AvgIpc) is 2.15. The summed E-state index contributed by atoms with van der Waals surface area (Å²) in [6, 6.07) is 0. The molecule has 4 heteroatoms. The molecule has 1 nitrogen and oxygen atoms in total. The first kappa shape index (κ1) is 11.1. The Hall–Kier alpha value is -0.930. The van der Waals surface area contributed by atoms with E-state index in [-0.39, 0.29) is 6.42 Å². The first-order valence-corrected chi connectivity index (χ1v) is 4.63. The molecule has 0 N–H and O–H groups in total. The van der Waals surface area contributed by atoms with Crippen LogP contribution in [0.5, 0.6) is 0 Å². The number of rotatable bonds is 2. The van der Waals surface area contributed by atoms with E-state index in [9.17, 15) is 13.2 Å². The van der Waals surface area contributed by atoms with Gasteiger partial charge in [-0.2, -0.15) is 13.2 Å². The van der Waals surface area contributed by atoms with Crippen LogP contribution in [0, 0.1) is 0 Å². The molecule has 0 aromatic heterocycles. The molecule has 0 radical (unpaired) electrons. The molecule has 0 atom stereocenters. The van der Waals surface area contributed by atoms with Crippen molar-refractivity contribution >= 4 is 0 Å². The van der Waals surface area contributed by atoms with Gasteiger partial charge >= 0.3 is 6.18 Å². The van der Waals surface area contributed by atoms with E-state index in [1.54, 1.807) is 6.08 Å². The van der Waals surface area contributed by atoms with Gasteiger partial charge in [0, 0.05) is 24.9 Å². The quantitative estimate of drug-likeness (QED) is 0.669. The van der Waals surface area contributed by atoms with Crippen molar-refractivity contribution in [1.29, 1.82) is 0 Å². The highest BCUT2D eigenvalue weighted by atomic mass is 19.4. The van der Waals surface area contributed by atoms with Crippen LogP contribution < -0.4 is 0 Å². The van der Waals surface area contributed by atoms with E-state index in [0.717, 1.165) is 12.2 Å². The van der Waals surface area contributed by atoms with Crippen LogP contribution >= 0.6 is 0 Å². The Balaban J connectivity index is 2.74. The van der Waals surface area contributed by atoms with Gasteiger partial charge in [0.05, 0.1) is 0 Å². The van der Waals surface area contributed by atoms with Crippen LogP contribution in [0.15, 0.2) is 23.4 Å². The van der Waals surface area contributed by atoms with Gasteiger partial charge in [-0.15, -0.1) is 0 Å². The molecule has 0 aromatic rings. The maximum absolute atomic E-state index is 12.2. The second-order valence-corrected chi connectivity index (χ2v) is 3.36. The first-order chi connectivity index (χ1) is 6.45. The molecule has 0 aliphatic heterocycles. The van der Waals surface area contributed by atoms with Gasteiger partial charge in [0.2, 0.25) is 0 Å². The smallest absolute Gasteiger partial charge is 0.378 e. The second kappa shape index (κ2) is 4.07. The maximum Gasteiger partial charge on any atom is 0.412 e. The number of alkyl halides is 3. The summed E-state index contributed by atoms with van der Waals surface area (Å²) in [6.07, 6.45) is -0.830. The van der Waals surface area contributed by atoms with Gasteiger partial charge in [0.25, 0.3) is 0 Å². The van der Waals surface area contributed by atoms with Crippen LogP contribution in [0.1, 0.15) is 19.8 Å². The maximum atomic E-state index is 12.2. The molecule has 0 heterocycles. The average molecular weight is 205 g/mol. The SMILES string of the molecule is CCN(C)C1=CC=C(C(F)(F)F)CC1. The molecule has 0 saturated heterocycles. The minimum Gasteiger partial charge on any atom is -0.378 e. The third-order valence-corrected chi connectivity index (χ3v) is 2.46. The molecule has 0 unspecified atom stereocenters. The van der Waals surface area contributed by atoms with Crippen molar-refractivity contribution in [2.24, 2.45) is 0 Å². The van der Waals surface area contributed by atoms with Crippen LogP contribution in [-0.2, 0) is 0 Å². The van der Waals surface area contributed by atoms with Gasteiger partial charge in [0.15, 0.2) is 0 Å². The van der Waals surface area contributed by atoms with Crippen molar-refractivity contribution in [3.05, 3.63) is 23.4 Å². The lowest BCUT2D eigenvalue weighted by Gasteiger charge is -2.24. The predicted molar refractivity (Wildman–Crippen MR) is 49.8 cm³/mol. The summed E-state index contributed by atoms with van der Waals surface area (Å²) in [7, 11) is 1.89. The molecular formula is C10H14F3N. The van der Waals surface area contributed by atoms with E-state index in [0.29, 0.717) is 6.42 Å². The van der Waals surface area contributed by atoms with E-state index < -0.39 is 11.7 Å². The minimum atomic E-state index is -4.16. The molecule has 0 bridgehead atoms. The number of nitrogens with zero attached hydrogens (tertiary/aromatic N) is 1. The topological polar surface area (TPSA) is 3.24 Å². The van der Waals surface area contributed by atoms with Gasteiger partial charge in [0.1, 0.15) is 0 Å². The fourth-order valence-corrected chi connectivity index (χ4v) is 1.38. The molecular weight excluding hydrogens is 191 g/mol. The molecule has 0 fully saturated rings.